The van der Waals surface area contributed by atoms with E-state index in [9.17, 15) is 0 Å². The van der Waals surface area contributed by atoms with Crippen LogP contribution in [-0.4, -0.2) is 0 Å². The van der Waals surface area contributed by atoms with Crippen molar-refractivity contribution in [3.8, 4) is 0 Å². The zero-order valence-corrected chi connectivity index (χ0v) is 50.2. The molecule has 0 saturated heterocycles. The summed E-state index contributed by atoms with van der Waals surface area (Å²) in [6, 6.07) is 127. The second-order valence-electron chi connectivity index (χ2n) is 20.5. The Kier molecular flexibility index (Phi) is 17.8. The molecule has 0 aliphatic heterocycles. The quantitative estimate of drug-likeness (QED) is 0.0898. The fraction of sp³-hybridized carbons (Fsp3) is 0.0400. The van der Waals surface area contributed by atoms with Gasteiger partial charge in [0.2, 0.25) is 0 Å². The van der Waals surface area contributed by atoms with Crippen LogP contribution >= 0.6 is 51.6 Å². The van der Waals surface area contributed by atoms with Gasteiger partial charge in [0, 0.05) is 0 Å². The van der Waals surface area contributed by atoms with E-state index in [1.807, 2.05) is 0 Å². The third kappa shape index (κ3) is 11.4. The van der Waals surface area contributed by atoms with Crippen molar-refractivity contribution in [3.05, 3.63) is 381 Å². The van der Waals surface area contributed by atoms with Gasteiger partial charge >= 0.3 is 498 Å². The second kappa shape index (κ2) is 25.3. The minimum absolute atomic E-state index is 0.784. The normalized spacial score (nSPS) is 12.9. The van der Waals surface area contributed by atoms with Crippen LogP contribution in [0.15, 0.2) is 364 Å². The number of hydrogen-bond acceptors (Lipinski definition) is 0. The Morgan fingerprint density at radius 1 is 0.148 bits per heavy atom. The third-order valence-electron chi connectivity index (χ3n) is 15.6. The first-order valence-electron chi connectivity index (χ1n) is 27.5. The summed E-state index contributed by atoms with van der Waals surface area (Å²) in [5, 5.41) is 10.8. The first-order valence-corrected chi connectivity index (χ1v) is 37.4. The zero-order valence-electron chi connectivity index (χ0n) is 45.2. The van der Waals surface area contributed by atoms with Crippen LogP contribution in [0.4, 0.5) is 0 Å². The van der Waals surface area contributed by atoms with Gasteiger partial charge < -0.3 is 0 Å². The molecule has 0 fully saturated rings. The Morgan fingerprint density at radius 2 is 0.247 bits per heavy atom. The van der Waals surface area contributed by atoms with Gasteiger partial charge in [-0.1, -0.05) is 0 Å². The molecular formula is C75H66Cl3P3. The second-order valence-corrected chi connectivity index (χ2v) is 39.9. The molecule has 0 aliphatic rings. The Hall–Kier alpha value is -7.20. The van der Waals surface area contributed by atoms with Gasteiger partial charge in [-0.25, -0.2) is 0 Å². The van der Waals surface area contributed by atoms with Gasteiger partial charge in [0.15, 0.2) is 0 Å². The topological polar surface area (TPSA) is 0 Å². The molecule has 0 bridgehead atoms. The standard InChI is InChI=1S/3C25H22ClP/c3*26-27(23-15-7-2-8-16-23,24-17-9-3-10-18-24,25-19-11-4-12-20-25)21-22-13-5-1-6-14-22/h3*1-20H,21H2. The van der Waals surface area contributed by atoms with Crippen molar-refractivity contribution in [3.63, 3.8) is 0 Å². The molecule has 12 rings (SSSR count). The van der Waals surface area contributed by atoms with E-state index in [0.717, 1.165) is 18.5 Å². The molecule has 0 unspecified atom stereocenters. The van der Waals surface area contributed by atoms with E-state index in [1.165, 1.54) is 64.4 Å². The molecule has 12 aromatic rings. The summed E-state index contributed by atoms with van der Waals surface area (Å²) in [6.07, 6.45) is 2.35. The summed E-state index contributed by atoms with van der Waals surface area (Å²) in [5.74, 6) is -9.62. The zero-order chi connectivity index (χ0) is 55.8. The summed E-state index contributed by atoms with van der Waals surface area (Å²) in [4.78, 5) is 0. The van der Waals surface area contributed by atoms with E-state index in [4.69, 9.17) is 33.7 Å². The molecule has 12 aromatic carbocycles. The van der Waals surface area contributed by atoms with Gasteiger partial charge in [0.05, 0.1) is 0 Å². The average molecular weight is 1170 g/mol. The van der Waals surface area contributed by atoms with Crippen LogP contribution in [0.3, 0.4) is 0 Å². The van der Waals surface area contributed by atoms with Crippen LogP contribution in [0, 0.1) is 0 Å². The van der Waals surface area contributed by atoms with E-state index >= 15 is 0 Å². The average Bonchev–Trinajstić information content (AvgIpc) is 3.73. The summed E-state index contributed by atoms with van der Waals surface area (Å²) in [5.41, 5.74) is 3.75. The molecule has 0 spiro atoms. The molecule has 0 saturated carbocycles. The summed E-state index contributed by atoms with van der Waals surface area (Å²) in [6.45, 7) is 0. The molecule has 0 nitrogen and oxygen atoms in total. The predicted molar refractivity (Wildman–Crippen MR) is 363 cm³/mol. The molecule has 6 heteroatoms. The minimum atomic E-state index is -3.21. The van der Waals surface area contributed by atoms with E-state index in [0.29, 0.717) is 0 Å². The molecule has 81 heavy (non-hydrogen) atoms. The Labute approximate surface area is 494 Å². The number of rotatable bonds is 15. The maximum absolute atomic E-state index is 8.04. The van der Waals surface area contributed by atoms with Gasteiger partial charge in [0.25, 0.3) is 0 Å². The summed E-state index contributed by atoms with van der Waals surface area (Å²) in [7, 11) is 0. The van der Waals surface area contributed by atoms with Crippen LogP contribution < -0.4 is 47.7 Å². The van der Waals surface area contributed by atoms with Crippen molar-refractivity contribution in [2.24, 2.45) is 0 Å². The number of benzene rings is 12. The van der Waals surface area contributed by atoms with Gasteiger partial charge in [-0.3, -0.25) is 0 Å². The molecule has 402 valence electrons. The summed E-state index contributed by atoms with van der Waals surface area (Å²) < 4.78 is 0. The first-order chi connectivity index (χ1) is 39.6. The van der Waals surface area contributed by atoms with Crippen molar-refractivity contribution >= 4 is 99.3 Å². The molecule has 0 amide bonds. The SMILES string of the molecule is ClP(Cc1ccccc1)(c1ccccc1)(c1ccccc1)c1ccccc1.ClP(Cc1ccccc1)(c1ccccc1)(c1ccccc1)c1ccccc1.ClP(Cc1ccccc1)(c1ccccc1)(c1ccccc1)c1ccccc1. The molecule has 0 aliphatic carbocycles. The molecule has 0 heterocycles. The van der Waals surface area contributed by atoms with Crippen LogP contribution in [0.1, 0.15) is 16.7 Å². The predicted octanol–water partition coefficient (Wildman–Crippen LogP) is 17.6. The maximum atomic E-state index is 8.04. The van der Waals surface area contributed by atoms with E-state index in [-0.39, 0.29) is 0 Å². The van der Waals surface area contributed by atoms with E-state index < -0.39 is 17.9 Å². The monoisotopic (exact) mass is 1160 g/mol. The van der Waals surface area contributed by atoms with Gasteiger partial charge in [-0.15, -0.1) is 0 Å². The third-order valence-corrected chi connectivity index (χ3v) is 37.2. The summed E-state index contributed by atoms with van der Waals surface area (Å²) >= 11 is 24.1. The van der Waals surface area contributed by atoms with Gasteiger partial charge in [0.1, 0.15) is 0 Å². The Bertz CT molecular complexity index is 3110. The number of hydrogen-bond donors (Lipinski definition) is 0. The van der Waals surface area contributed by atoms with Crippen molar-refractivity contribution in [1.29, 1.82) is 0 Å². The van der Waals surface area contributed by atoms with Gasteiger partial charge in [-0.2, -0.15) is 0 Å². The van der Waals surface area contributed by atoms with Crippen LogP contribution in [0.25, 0.3) is 0 Å². The molecule has 0 atom stereocenters. The van der Waals surface area contributed by atoms with E-state index in [1.54, 1.807) is 0 Å². The van der Waals surface area contributed by atoms with Gasteiger partial charge in [-0.05, 0) is 0 Å². The fourth-order valence-corrected chi connectivity index (χ4v) is 30.0. The first kappa shape index (κ1) is 57.1. The van der Waals surface area contributed by atoms with Crippen molar-refractivity contribution in [2.75, 3.05) is 0 Å². The van der Waals surface area contributed by atoms with Crippen LogP contribution in [0.2, 0.25) is 0 Å². The molecule has 0 radical (unpaired) electrons. The fourth-order valence-electron chi connectivity index (χ4n) is 11.6. The Morgan fingerprint density at radius 3 is 0.358 bits per heavy atom. The van der Waals surface area contributed by atoms with Crippen molar-refractivity contribution in [2.45, 2.75) is 18.5 Å². The van der Waals surface area contributed by atoms with Crippen molar-refractivity contribution < 1.29 is 0 Å². The van der Waals surface area contributed by atoms with Crippen LogP contribution in [-0.2, 0) is 18.5 Å². The van der Waals surface area contributed by atoms with Crippen molar-refractivity contribution in [1.82, 2.24) is 0 Å². The number of halogens is 3. The molecule has 0 N–H and O–H groups in total. The van der Waals surface area contributed by atoms with Crippen LogP contribution in [0.5, 0.6) is 0 Å². The Balaban J connectivity index is 0.000000136. The molecule has 0 aromatic heterocycles. The van der Waals surface area contributed by atoms with E-state index in [2.05, 4.69) is 364 Å². The molecular weight excluding hydrogens is 1100 g/mol.